The first kappa shape index (κ1) is 32.1. The molecule has 0 amide bonds. The van der Waals surface area contributed by atoms with Gasteiger partial charge in [0.1, 0.15) is 17.4 Å². The first-order valence-corrected chi connectivity index (χ1v) is 16.0. The van der Waals surface area contributed by atoms with E-state index in [1.54, 1.807) is 6.07 Å². The van der Waals surface area contributed by atoms with Gasteiger partial charge in [-0.3, -0.25) is 14.5 Å². The zero-order valence-electron chi connectivity index (χ0n) is 24.4. The highest BCUT2D eigenvalue weighted by Gasteiger charge is 2.49. The van der Waals surface area contributed by atoms with Crippen molar-refractivity contribution in [1.29, 1.82) is 0 Å². The summed E-state index contributed by atoms with van der Waals surface area (Å²) in [6.45, 7) is 6.98. The molecule has 5 rings (SSSR count). The fourth-order valence-electron chi connectivity index (χ4n) is 6.49. The molecule has 1 aliphatic carbocycles. The number of aromatic nitrogens is 2. The lowest BCUT2D eigenvalue weighted by atomic mass is 9.68. The molecule has 0 bridgehead atoms. The van der Waals surface area contributed by atoms with Crippen LogP contribution in [0.25, 0.3) is 10.6 Å². The van der Waals surface area contributed by atoms with Crippen molar-refractivity contribution in [3.63, 3.8) is 0 Å². The predicted molar refractivity (Wildman–Crippen MR) is 165 cm³/mol. The SMILES string of the molecule is CC1(O)CCC(N2CC(CC(=O)CC(C)(C)c3cc(Cl)cc(Cl)c3)(CC(=O)c3nnc(-c4ccc(F)cc4F)s3)C2)CC1. The lowest BCUT2D eigenvalue weighted by Crippen LogP contribution is -2.62. The molecule has 1 aliphatic heterocycles. The number of likely N-dealkylation sites (tertiary alicyclic amines) is 1. The first-order chi connectivity index (χ1) is 20.1. The number of ketones is 2. The highest BCUT2D eigenvalue weighted by molar-refractivity contribution is 7.16. The van der Waals surface area contributed by atoms with Crippen molar-refractivity contribution in [2.75, 3.05) is 13.1 Å². The molecular weight excluding hydrogens is 615 g/mol. The predicted octanol–water partition coefficient (Wildman–Crippen LogP) is 7.69. The molecule has 2 aromatic carbocycles. The van der Waals surface area contributed by atoms with Crippen molar-refractivity contribution in [1.82, 2.24) is 15.1 Å². The quantitative estimate of drug-likeness (QED) is 0.227. The average Bonchev–Trinajstić information content (AvgIpc) is 3.36. The van der Waals surface area contributed by atoms with Gasteiger partial charge >= 0.3 is 0 Å². The van der Waals surface area contributed by atoms with Crippen LogP contribution in [0.3, 0.4) is 0 Å². The van der Waals surface area contributed by atoms with Crippen molar-refractivity contribution in [2.24, 2.45) is 5.41 Å². The van der Waals surface area contributed by atoms with E-state index >= 15 is 0 Å². The van der Waals surface area contributed by atoms with Crippen LogP contribution < -0.4 is 0 Å². The zero-order chi connectivity index (χ0) is 31.2. The van der Waals surface area contributed by atoms with E-state index in [1.165, 1.54) is 6.07 Å². The van der Waals surface area contributed by atoms with E-state index in [2.05, 4.69) is 15.1 Å². The lowest BCUT2D eigenvalue weighted by Gasteiger charge is -2.54. The largest absolute Gasteiger partial charge is 0.390 e. The molecule has 0 atom stereocenters. The second kappa shape index (κ2) is 12.2. The minimum atomic E-state index is -0.776. The van der Waals surface area contributed by atoms with Crippen molar-refractivity contribution in [2.45, 2.75) is 82.8 Å². The Morgan fingerprint density at radius 1 is 1.05 bits per heavy atom. The van der Waals surface area contributed by atoms with Crippen LogP contribution in [0.2, 0.25) is 10.0 Å². The molecule has 2 aliphatic rings. The summed E-state index contributed by atoms with van der Waals surface area (Å²) in [5.41, 5.74) is -0.818. The van der Waals surface area contributed by atoms with Gasteiger partial charge in [-0.25, -0.2) is 8.78 Å². The second-order valence-corrected chi connectivity index (χ2v) is 15.1. The fourth-order valence-corrected chi connectivity index (χ4v) is 7.83. The normalized spacial score (nSPS) is 22.3. The van der Waals surface area contributed by atoms with Crippen LogP contribution in [0.4, 0.5) is 8.78 Å². The van der Waals surface area contributed by atoms with Crippen LogP contribution in [0, 0.1) is 17.0 Å². The zero-order valence-corrected chi connectivity index (χ0v) is 26.8. The highest BCUT2D eigenvalue weighted by Crippen LogP contribution is 2.45. The van der Waals surface area contributed by atoms with E-state index in [-0.39, 0.29) is 52.4 Å². The Kier molecular flexibility index (Phi) is 9.14. The van der Waals surface area contributed by atoms with E-state index in [0.29, 0.717) is 36.0 Å². The number of aliphatic hydroxyl groups is 1. The third kappa shape index (κ3) is 7.51. The van der Waals surface area contributed by atoms with Crippen molar-refractivity contribution in [3.8, 4) is 10.6 Å². The van der Waals surface area contributed by atoms with E-state index in [4.69, 9.17) is 23.2 Å². The summed E-state index contributed by atoms with van der Waals surface area (Å²) in [5, 5.41) is 19.8. The number of carbonyl (C=O) groups is 2. The first-order valence-electron chi connectivity index (χ1n) is 14.4. The molecule has 230 valence electrons. The number of rotatable bonds is 10. The summed E-state index contributed by atoms with van der Waals surface area (Å²) in [5.74, 6) is -1.70. The van der Waals surface area contributed by atoms with Gasteiger partial charge in [0, 0.05) is 65.5 Å². The molecule has 2 heterocycles. The number of Topliss-reactive ketones (excluding diaryl/α,β-unsaturated/α-hetero) is 2. The molecule has 1 N–H and O–H groups in total. The Morgan fingerprint density at radius 2 is 1.70 bits per heavy atom. The van der Waals surface area contributed by atoms with Gasteiger partial charge < -0.3 is 5.11 Å². The van der Waals surface area contributed by atoms with Crippen LogP contribution in [0.1, 0.15) is 81.1 Å². The number of nitrogens with zero attached hydrogens (tertiary/aromatic N) is 3. The summed E-state index contributed by atoms with van der Waals surface area (Å²) < 4.78 is 27.7. The van der Waals surface area contributed by atoms with E-state index in [9.17, 15) is 23.5 Å². The molecule has 0 radical (unpaired) electrons. The molecule has 1 saturated carbocycles. The number of halogens is 4. The summed E-state index contributed by atoms with van der Waals surface area (Å²) in [4.78, 5) is 29.5. The Bertz CT molecular complexity index is 1510. The van der Waals surface area contributed by atoms with Crippen molar-refractivity contribution >= 4 is 46.1 Å². The number of hydrogen-bond acceptors (Lipinski definition) is 7. The van der Waals surface area contributed by atoms with E-state index in [0.717, 1.165) is 41.9 Å². The molecule has 6 nitrogen and oxygen atoms in total. The maximum absolute atomic E-state index is 14.3. The van der Waals surface area contributed by atoms with Gasteiger partial charge in [0.15, 0.2) is 15.8 Å². The molecule has 11 heteroatoms. The summed E-state index contributed by atoms with van der Waals surface area (Å²) in [6.07, 6.45) is 3.71. The standard InChI is InChI=1S/C32H35Cl2F2N3O3S/c1-30(2,19-10-20(33)12-21(34)11-19)14-24(40)15-32(17-39(18-32)23-6-8-31(3,42)9-7-23)16-27(41)29-38-37-28(43-29)25-5-4-22(35)13-26(25)36/h4-5,10-13,23,42H,6-9,14-18H2,1-3H3. The minimum Gasteiger partial charge on any atom is -0.390 e. The summed E-state index contributed by atoms with van der Waals surface area (Å²) in [7, 11) is 0. The number of benzene rings is 2. The molecule has 2 fully saturated rings. The van der Waals surface area contributed by atoms with Gasteiger partial charge in [0.25, 0.3) is 0 Å². The van der Waals surface area contributed by atoms with Crippen LogP contribution in [0.15, 0.2) is 36.4 Å². The van der Waals surface area contributed by atoms with Gasteiger partial charge in [-0.15, -0.1) is 10.2 Å². The Morgan fingerprint density at radius 3 is 2.33 bits per heavy atom. The average molecular weight is 651 g/mol. The maximum atomic E-state index is 14.3. The van der Waals surface area contributed by atoms with Crippen molar-refractivity contribution in [3.05, 3.63) is 68.6 Å². The fraction of sp³-hybridized carbons (Fsp3) is 0.500. The topological polar surface area (TPSA) is 83.4 Å². The maximum Gasteiger partial charge on any atom is 0.194 e. The van der Waals surface area contributed by atoms with Crippen molar-refractivity contribution < 1.29 is 23.5 Å². The molecule has 3 aromatic rings. The van der Waals surface area contributed by atoms with Gasteiger partial charge in [0.05, 0.1) is 5.60 Å². The Labute approximate surface area is 264 Å². The molecule has 1 saturated heterocycles. The minimum absolute atomic E-state index is 0.0338. The van der Waals surface area contributed by atoms with Gasteiger partial charge in [-0.05, 0) is 73.9 Å². The summed E-state index contributed by atoms with van der Waals surface area (Å²) >= 11 is 13.4. The second-order valence-electron chi connectivity index (χ2n) is 13.2. The summed E-state index contributed by atoms with van der Waals surface area (Å²) in [6, 6.07) is 8.76. The Hall–Kier alpha value is -2.30. The molecule has 0 unspecified atom stereocenters. The van der Waals surface area contributed by atoms with Crippen LogP contribution in [-0.2, 0) is 10.2 Å². The molecule has 43 heavy (non-hydrogen) atoms. The number of hydrogen-bond donors (Lipinski definition) is 1. The van der Waals surface area contributed by atoms with E-state index < -0.39 is 28.1 Å². The monoisotopic (exact) mass is 649 g/mol. The lowest BCUT2D eigenvalue weighted by molar-refractivity contribution is -0.128. The van der Waals surface area contributed by atoms with E-state index in [1.807, 2.05) is 32.9 Å². The van der Waals surface area contributed by atoms with Gasteiger partial charge in [-0.1, -0.05) is 48.4 Å². The van der Waals surface area contributed by atoms with Crippen LogP contribution in [-0.4, -0.2) is 56.5 Å². The van der Waals surface area contributed by atoms with Crippen LogP contribution >= 0.6 is 34.5 Å². The van der Waals surface area contributed by atoms with Gasteiger partial charge in [0.2, 0.25) is 0 Å². The molecule has 0 spiro atoms. The Balaban J connectivity index is 1.32. The molecular formula is C32H35Cl2F2N3O3S. The third-order valence-electron chi connectivity index (χ3n) is 8.84. The number of carbonyl (C=O) groups excluding carboxylic acids is 2. The smallest absolute Gasteiger partial charge is 0.194 e. The van der Waals surface area contributed by atoms with Gasteiger partial charge in [-0.2, -0.15) is 0 Å². The highest BCUT2D eigenvalue weighted by atomic mass is 35.5. The molecule has 1 aromatic heterocycles. The van der Waals surface area contributed by atoms with Crippen LogP contribution in [0.5, 0.6) is 0 Å². The third-order valence-corrected chi connectivity index (χ3v) is 10.3.